The Bertz CT molecular complexity index is 691. The number of nitrogens with one attached hydrogen (secondary N) is 1. The van der Waals surface area contributed by atoms with Crippen molar-refractivity contribution < 1.29 is 8.42 Å². The summed E-state index contributed by atoms with van der Waals surface area (Å²) in [7, 11) is -3.51. The van der Waals surface area contributed by atoms with Crippen LogP contribution in [0.3, 0.4) is 0 Å². The van der Waals surface area contributed by atoms with E-state index in [9.17, 15) is 8.42 Å². The number of rotatable bonds is 6. The Kier molecular flexibility index (Phi) is 4.80. The molecule has 0 aliphatic rings. The van der Waals surface area contributed by atoms with E-state index < -0.39 is 10.0 Å². The molecule has 1 N–H and O–H groups in total. The van der Waals surface area contributed by atoms with Gasteiger partial charge in [-0.25, -0.2) is 13.1 Å². The van der Waals surface area contributed by atoms with Crippen molar-refractivity contribution in [3.05, 3.63) is 47.8 Å². The van der Waals surface area contributed by atoms with Crippen LogP contribution in [0.15, 0.2) is 41.4 Å². The number of aryl methyl sites for hydroxylation is 1. The Morgan fingerprint density at radius 2 is 1.90 bits per heavy atom. The first-order valence-corrected chi connectivity index (χ1v) is 8.48. The molecule has 2 rings (SSSR count). The van der Waals surface area contributed by atoms with Gasteiger partial charge in [0.25, 0.3) is 0 Å². The van der Waals surface area contributed by atoms with Crippen LogP contribution in [0, 0.1) is 6.92 Å². The molecule has 2 aromatic rings. The molecule has 0 aliphatic carbocycles. The summed E-state index contributed by atoms with van der Waals surface area (Å²) in [5.41, 5.74) is 1.63. The molecule has 6 heteroatoms. The van der Waals surface area contributed by atoms with Crippen molar-refractivity contribution in [2.24, 2.45) is 0 Å². The van der Waals surface area contributed by atoms with Crippen LogP contribution in [0.5, 0.6) is 0 Å². The van der Waals surface area contributed by atoms with E-state index in [1.54, 1.807) is 17.8 Å². The highest BCUT2D eigenvalue weighted by Crippen LogP contribution is 2.16. The van der Waals surface area contributed by atoms with Crippen LogP contribution in [0.4, 0.5) is 0 Å². The predicted octanol–water partition coefficient (Wildman–Crippen LogP) is 2.29. The molecule has 0 saturated carbocycles. The first-order valence-electron chi connectivity index (χ1n) is 6.99. The molecule has 0 atom stereocenters. The lowest BCUT2D eigenvalue weighted by Crippen LogP contribution is -2.26. The van der Waals surface area contributed by atoms with E-state index in [0.29, 0.717) is 18.7 Å². The van der Waals surface area contributed by atoms with E-state index in [-0.39, 0.29) is 10.9 Å². The van der Waals surface area contributed by atoms with Gasteiger partial charge in [0.1, 0.15) is 4.90 Å². The normalized spacial score (nSPS) is 12.0. The molecule has 5 nitrogen and oxygen atoms in total. The van der Waals surface area contributed by atoms with Crippen molar-refractivity contribution >= 4 is 10.0 Å². The van der Waals surface area contributed by atoms with Gasteiger partial charge in [-0.1, -0.05) is 30.3 Å². The lowest BCUT2D eigenvalue weighted by molar-refractivity contribution is 0.528. The number of aromatic nitrogens is 2. The zero-order valence-corrected chi connectivity index (χ0v) is 13.4. The predicted molar refractivity (Wildman–Crippen MR) is 82.7 cm³/mol. The lowest BCUT2D eigenvalue weighted by Gasteiger charge is -2.06. The van der Waals surface area contributed by atoms with Crippen molar-refractivity contribution in [1.82, 2.24) is 14.5 Å². The largest absolute Gasteiger partial charge is 0.269 e. The van der Waals surface area contributed by atoms with E-state index in [0.717, 1.165) is 5.56 Å². The number of sulfonamides is 1. The molecule has 0 bridgehead atoms. The Hall–Kier alpha value is -1.66. The summed E-state index contributed by atoms with van der Waals surface area (Å²) in [6, 6.07) is 9.93. The summed E-state index contributed by atoms with van der Waals surface area (Å²) in [5, 5.41) is 4.24. The Balaban J connectivity index is 2.05. The van der Waals surface area contributed by atoms with Crippen LogP contribution in [-0.4, -0.2) is 24.7 Å². The fourth-order valence-electron chi connectivity index (χ4n) is 2.05. The van der Waals surface area contributed by atoms with Gasteiger partial charge in [0.15, 0.2) is 0 Å². The third-order valence-electron chi connectivity index (χ3n) is 3.24. The third kappa shape index (κ3) is 3.92. The maximum absolute atomic E-state index is 12.3. The first kappa shape index (κ1) is 15.7. The van der Waals surface area contributed by atoms with Crippen LogP contribution < -0.4 is 4.72 Å². The Labute approximate surface area is 126 Å². The van der Waals surface area contributed by atoms with Gasteiger partial charge in [0.05, 0.1) is 5.69 Å². The zero-order valence-electron chi connectivity index (χ0n) is 12.6. The highest BCUT2D eigenvalue weighted by Gasteiger charge is 2.20. The van der Waals surface area contributed by atoms with Crippen molar-refractivity contribution in [2.45, 2.75) is 38.1 Å². The molecule has 0 amide bonds. The second kappa shape index (κ2) is 6.41. The minimum atomic E-state index is -3.51. The quantitative estimate of drug-likeness (QED) is 0.890. The molecule has 0 radical (unpaired) electrons. The molecule has 1 heterocycles. The van der Waals surface area contributed by atoms with E-state index in [1.807, 2.05) is 44.2 Å². The SMILES string of the molecule is Cc1nn(C(C)C)cc1S(=O)(=O)NCCc1ccccc1. The molecule has 1 aromatic heterocycles. The Morgan fingerprint density at radius 3 is 2.48 bits per heavy atom. The molecule has 1 aromatic carbocycles. The number of hydrogen-bond acceptors (Lipinski definition) is 3. The van der Waals surface area contributed by atoms with Crippen LogP contribution in [0.1, 0.15) is 31.1 Å². The maximum Gasteiger partial charge on any atom is 0.243 e. The molecule has 0 spiro atoms. The molecule has 0 saturated heterocycles. The van der Waals surface area contributed by atoms with E-state index in [1.165, 1.54) is 0 Å². The van der Waals surface area contributed by atoms with Gasteiger partial charge < -0.3 is 0 Å². The lowest BCUT2D eigenvalue weighted by atomic mass is 10.2. The third-order valence-corrected chi connectivity index (χ3v) is 4.80. The zero-order chi connectivity index (χ0) is 15.5. The molecular formula is C15H21N3O2S. The molecule has 0 fully saturated rings. The monoisotopic (exact) mass is 307 g/mol. The van der Waals surface area contributed by atoms with Gasteiger partial charge in [0, 0.05) is 18.8 Å². The van der Waals surface area contributed by atoms with E-state index in [4.69, 9.17) is 0 Å². The van der Waals surface area contributed by atoms with Crippen molar-refractivity contribution in [3.63, 3.8) is 0 Å². The van der Waals surface area contributed by atoms with E-state index >= 15 is 0 Å². The fourth-order valence-corrected chi connectivity index (χ4v) is 3.25. The van der Waals surface area contributed by atoms with Crippen LogP contribution in [0.25, 0.3) is 0 Å². The minimum absolute atomic E-state index is 0.136. The van der Waals surface area contributed by atoms with Gasteiger partial charge in [-0.3, -0.25) is 4.68 Å². The molecule has 114 valence electrons. The second-order valence-electron chi connectivity index (χ2n) is 5.29. The van der Waals surface area contributed by atoms with Gasteiger partial charge in [-0.2, -0.15) is 5.10 Å². The van der Waals surface area contributed by atoms with Gasteiger partial charge in [0.2, 0.25) is 10.0 Å². The molecule has 0 unspecified atom stereocenters. The van der Waals surface area contributed by atoms with Gasteiger partial charge in [-0.05, 0) is 32.8 Å². The highest BCUT2D eigenvalue weighted by atomic mass is 32.2. The highest BCUT2D eigenvalue weighted by molar-refractivity contribution is 7.89. The second-order valence-corrected chi connectivity index (χ2v) is 7.02. The van der Waals surface area contributed by atoms with Crippen LogP contribution in [0.2, 0.25) is 0 Å². The van der Waals surface area contributed by atoms with Crippen LogP contribution >= 0.6 is 0 Å². The van der Waals surface area contributed by atoms with Crippen LogP contribution in [-0.2, 0) is 16.4 Å². The first-order chi connectivity index (χ1) is 9.90. The molecule has 21 heavy (non-hydrogen) atoms. The molecular weight excluding hydrogens is 286 g/mol. The van der Waals surface area contributed by atoms with Crippen molar-refractivity contribution in [2.75, 3.05) is 6.54 Å². The topological polar surface area (TPSA) is 64.0 Å². The van der Waals surface area contributed by atoms with Gasteiger partial charge in [-0.15, -0.1) is 0 Å². The van der Waals surface area contributed by atoms with E-state index in [2.05, 4.69) is 9.82 Å². The van der Waals surface area contributed by atoms with Gasteiger partial charge >= 0.3 is 0 Å². The summed E-state index contributed by atoms with van der Waals surface area (Å²) in [6.45, 7) is 6.01. The summed E-state index contributed by atoms with van der Waals surface area (Å²) < 4.78 is 28.9. The number of hydrogen-bond donors (Lipinski definition) is 1. The Morgan fingerprint density at radius 1 is 1.24 bits per heavy atom. The summed E-state index contributed by atoms with van der Waals surface area (Å²) in [5.74, 6) is 0. The standard InChI is InChI=1S/C15H21N3O2S/c1-12(2)18-11-15(13(3)17-18)21(19,20)16-10-9-14-7-5-4-6-8-14/h4-8,11-12,16H,9-10H2,1-3H3. The summed E-state index contributed by atoms with van der Waals surface area (Å²) >= 11 is 0. The average molecular weight is 307 g/mol. The average Bonchev–Trinajstić information content (AvgIpc) is 2.83. The van der Waals surface area contributed by atoms with Crippen molar-refractivity contribution in [1.29, 1.82) is 0 Å². The van der Waals surface area contributed by atoms with Crippen molar-refractivity contribution in [3.8, 4) is 0 Å². The number of nitrogens with zero attached hydrogens (tertiary/aromatic N) is 2. The summed E-state index contributed by atoms with van der Waals surface area (Å²) in [6.07, 6.45) is 2.25. The molecule has 0 aliphatic heterocycles. The smallest absolute Gasteiger partial charge is 0.243 e. The summed E-state index contributed by atoms with van der Waals surface area (Å²) in [4.78, 5) is 0.254. The maximum atomic E-state index is 12.3. The minimum Gasteiger partial charge on any atom is -0.269 e. The number of benzene rings is 1. The fraction of sp³-hybridized carbons (Fsp3) is 0.400.